The number of halogens is 4. The van der Waals surface area contributed by atoms with Crippen LogP contribution in [0.25, 0.3) is 0 Å². The number of sulfonamides is 1. The minimum Gasteiger partial charge on any atom is -0.345 e. The molecule has 0 saturated carbocycles. The first-order chi connectivity index (χ1) is 14.7. The number of hydrogen-bond donors (Lipinski definition) is 0. The van der Waals surface area contributed by atoms with E-state index < -0.39 is 10.0 Å². The molecule has 1 aromatic heterocycles. The maximum Gasteiger partial charge on any atom is 0.243 e. The van der Waals surface area contributed by atoms with E-state index in [4.69, 9.17) is 51.4 Å². The Morgan fingerprint density at radius 2 is 1.52 bits per heavy atom. The van der Waals surface area contributed by atoms with Gasteiger partial charge in [0, 0.05) is 38.0 Å². The Morgan fingerprint density at radius 3 is 2.16 bits per heavy atom. The lowest BCUT2D eigenvalue weighted by Gasteiger charge is -2.33. The van der Waals surface area contributed by atoms with Gasteiger partial charge < -0.3 is 4.90 Å². The Balaban J connectivity index is 1.41. The number of piperazine rings is 1. The van der Waals surface area contributed by atoms with Gasteiger partial charge in [0.25, 0.3) is 0 Å². The van der Waals surface area contributed by atoms with Gasteiger partial charge in [0.2, 0.25) is 10.0 Å². The summed E-state index contributed by atoms with van der Waals surface area (Å²) < 4.78 is 27.3. The molecule has 0 aliphatic carbocycles. The zero-order chi connectivity index (χ0) is 22.2. The van der Waals surface area contributed by atoms with Gasteiger partial charge in [-0.25, -0.2) is 13.4 Å². The largest absolute Gasteiger partial charge is 0.345 e. The maximum atomic E-state index is 12.9. The summed E-state index contributed by atoms with van der Waals surface area (Å²) in [5, 5.41) is 4.48. The number of hydrogen-bond acceptors (Lipinski definition) is 5. The van der Waals surface area contributed by atoms with Gasteiger partial charge >= 0.3 is 0 Å². The number of thiazole rings is 1. The van der Waals surface area contributed by atoms with Gasteiger partial charge in [0.15, 0.2) is 5.13 Å². The Labute approximate surface area is 205 Å². The molecule has 1 aliphatic rings. The van der Waals surface area contributed by atoms with Crippen LogP contribution >= 0.6 is 57.7 Å². The van der Waals surface area contributed by atoms with Crippen LogP contribution in [0.1, 0.15) is 11.3 Å². The molecule has 0 N–H and O–H groups in total. The van der Waals surface area contributed by atoms with Crippen molar-refractivity contribution in [2.24, 2.45) is 0 Å². The average Bonchev–Trinajstić information content (AvgIpc) is 3.21. The maximum absolute atomic E-state index is 12.9. The molecule has 2 heterocycles. The molecule has 4 rings (SSSR count). The zero-order valence-electron chi connectivity index (χ0n) is 16.1. The Kier molecular flexibility index (Phi) is 7.03. The second-order valence-electron chi connectivity index (χ2n) is 7.01. The highest BCUT2D eigenvalue weighted by Crippen LogP contribution is 2.29. The van der Waals surface area contributed by atoms with Crippen molar-refractivity contribution >= 4 is 72.9 Å². The van der Waals surface area contributed by atoms with E-state index in [1.807, 2.05) is 17.5 Å². The van der Waals surface area contributed by atoms with E-state index in [-0.39, 0.29) is 9.92 Å². The quantitative estimate of drug-likeness (QED) is 0.410. The van der Waals surface area contributed by atoms with Crippen molar-refractivity contribution in [3.05, 3.63) is 73.1 Å². The van der Waals surface area contributed by atoms with Crippen molar-refractivity contribution in [2.75, 3.05) is 31.1 Å². The summed E-state index contributed by atoms with van der Waals surface area (Å²) in [4.78, 5) is 6.96. The number of rotatable bonds is 5. The van der Waals surface area contributed by atoms with E-state index in [0.717, 1.165) is 16.4 Å². The first-order valence-corrected chi connectivity index (χ1v) is 13.2. The lowest BCUT2D eigenvalue weighted by atomic mass is 10.1. The van der Waals surface area contributed by atoms with E-state index in [0.29, 0.717) is 47.7 Å². The van der Waals surface area contributed by atoms with E-state index in [2.05, 4.69) is 4.90 Å². The molecule has 11 heteroatoms. The molecule has 2 aromatic carbocycles. The fourth-order valence-electron chi connectivity index (χ4n) is 3.29. The third kappa shape index (κ3) is 5.14. The molecular formula is C20H17Cl4N3O2S2. The molecule has 164 valence electrons. The fourth-order valence-corrected chi connectivity index (χ4v) is 6.30. The summed E-state index contributed by atoms with van der Waals surface area (Å²) in [6.45, 7) is 1.84. The molecule has 0 unspecified atom stereocenters. The summed E-state index contributed by atoms with van der Waals surface area (Å²) in [7, 11) is -3.63. The highest BCUT2D eigenvalue weighted by Gasteiger charge is 2.29. The monoisotopic (exact) mass is 535 g/mol. The van der Waals surface area contributed by atoms with Crippen LogP contribution in [-0.2, 0) is 16.4 Å². The molecular weight excluding hydrogens is 520 g/mol. The summed E-state index contributed by atoms with van der Waals surface area (Å²) >= 11 is 25.5. The van der Waals surface area contributed by atoms with Gasteiger partial charge in [-0.15, -0.1) is 11.3 Å². The van der Waals surface area contributed by atoms with Crippen molar-refractivity contribution in [3.63, 3.8) is 0 Å². The molecule has 0 bridgehead atoms. The van der Waals surface area contributed by atoms with Gasteiger partial charge in [-0.3, -0.25) is 0 Å². The molecule has 3 aromatic rings. The Bertz CT molecular complexity index is 1210. The Morgan fingerprint density at radius 1 is 0.871 bits per heavy atom. The molecule has 1 aliphatic heterocycles. The summed E-state index contributed by atoms with van der Waals surface area (Å²) in [5.74, 6) is 0. The first kappa shape index (κ1) is 23.1. The number of benzene rings is 2. The van der Waals surface area contributed by atoms with Crippen molar-refractivity contribution < 1.29 is 8.42 Å². The first-order valence-electron chi connectivity index (χ1n) is 9.32. The van der Waals surface area contributed by atoms with Crippen LogP contribution in [0.3, 0.4) is 0 Å². The highest BCUT2D eigenvalue weighted by molar-refractivity contribution is 7.89. The van der Waals surface area contributed by atoms with Crippen LogP contribution in [0.4, 0.5) is 5.13 Å². The topological polar surface area (TPSA) is 53.5 Å². The van der Waals surface area contributed by atoms with Gasteiger partial charge in [-0.05, 0) is 35.9 Å². The third-order valence-corrected chi connectivity index (χ3v) is 9.27. The normalized spacial score (nSPS) is 15.4. The van der Waals surface area contributed by atoms with Crippen LogP contribution in [-0.4, -0.2) is 43.9 Å². The minimum absolute atomic E-state index is 0.147. The van der Waals surface area contributed by atoms with Crippen LogP contribution < -0.4 is 4.90 Å². The molecule has 31 heavy (non-hydrogen) atoms. The molecule has 1 saturated heterocycles. The average molecular weight is 537 g/mol. The fraction of sp³-hybridized carbons (Fsp3) is 0.250. The SMILES string of the molecule is O=S(=O)(c1ccc(Cl)c(Cl)c1)N1CCN(c2nc(Cc3ccc(Cl)c(Cl)c3)cs2)CC1. The second-order valence-corrected chi connectivity index (χ2v) is 11.4. The van der Waals surface area contributed by atoms with E-state index in [9.17, 15) is 8.42 Å². The number of anilines is 1. The lowest BCUT2D eigenvalue weighted by molar-refractivity contribution is 0.384. The lowest BCUT2D eigenvalue weighted by Crippen LogP contribution is -2.48. The molecule has 0 atom stereocenters. The molecule has 0 amide bonds. The third-order valence-electron chi connectivity index (χ3n) is 4.95. The van der Waals surface area contributed by atoms with Crippen molar-refractivity contribution in [1.82, 2.24) is 9.29 Å². The molecule has 1 fully saturated rings. The van der Waals surface area contributed by atoms with Crippen molar-refractivity contribution in [1.29, 1.82) is 0 Å². The summed E-state index contributed by atoms with van der Waals surface area (Å²) in [6, 6.07) is 9.92. The van der Waals surface area contributed by atoms with E-state index >= 15 is 0 Å². The van der Waals surface area contributed by atoms with Crippen LogP contribution in [0.5, 0.6) is 0 Å². The summed E-state index contributed by atoms with van der Waals surface area (Å²) in [5.41, 5.74) is 1.97. The van der Waals surface area contributed by atoms with Gasteiger partial charge in [-0.2, -0.15) is 4.31 Å². The summed E-state index contributed by atoms with van der Waals surface area (Å²) in [6.07, 6.45) is 0.652. The highest BCUT2D eigenvalue weighted by atomic mass is 35.5. The molecule has 5 nitrogen and oxygen atoms in total. The standard InChI is InChI=1S/C20H17Cl4N3O2S2/c21-16-3-1-13(10-18(16)23)9-14-12-30-20(25-14)26-5-7-27(8-6-26)31(28,29)15-2-4-17(22)19(24)11-15/h1-4,10-12H,5-9H2. The van der Waals surface area contributed by atoms with Crippen molar-refractivity contribution in [3.8, 4) is 0 Å². The second kappa shape index (κ2) is 9.43. The van der Waals surface area contributed by atoms with Crippen LogP contribution in [0.15, 0.2) is 46.7 Å². The van der Waals surface area contributed by atoms with E-state index in [1.54, 1.807) is 17.4 Å². The smallest absolute Gasteiger partial charge is 0.243 e. The van der Waals surface area contributed by atoms with Gasteiger partial charge in [-0.1, -0.05) is 52.5 Å². The minimum atomic E-state index is -3.63. The number of nitrogens with zero attached hydrogens (tertiary/aromatic N) is 3. The molecule has 0 radical (unpaired) electrons. The number of aromatic nitrogens is 1. The predicted molar refractivity (Wildman–Crippen MR) is 129 cm³/mol. The van der Waals surface area contributed by atoms with Crippen molar-refractivity contribution in [2.45, 2.75) is 11.3 Å². The molecule has 0 spiro atoms. The van der Waals surface area contributed by atoms with E-state index in [1.165, 1.54) is 22.5 Å². The van der Waals surface area contributed by atoms with Gasteiger partial charge in [0.05, 0.1) is 30.7 Å². The predicted octanol–water partition coefficient (Wildman–Crippen LogP) is 5.86. The zero-order valence-corrected chi connectivity index (χ0v) is 20.7. The van der Waals surface area contributed by atoms with Crippen LogP contribution in [0, 0.1) is 0 Å². The van der Waals surface area contributed by atoms with Gasteiger partial charge in [0.1, 0.15) is 0 Å². The Hall–Kier alpha value is -1.06. The van der Waals surface area contributed by atoms with Crippen LogP contribution in [0.2, 0.25) is 20.1 Å².